The molecule has 0 bridgehead atoms. The van der Waals surface area contributed by atoms with Crippen LogP contribution in [0, 0.1) is 0 Å². The standard InChI is InChI=1S/C9H13NO2/c1-6(10)9-4-8(12)3-2-7(9)5-11/h2-4,6,11-12H,5,10H2,1H3/t6-/m0/s1. The third-order valence-electron chi connectivity index (χ3n) is 1.79. The summed E-state index contributed by atoms with van der Waals surface area (Å²) in [7, 11) is 0. The minimum absolute atomic E-state index is 0.0445. The summed E-state index contributed by atoms with van der Waals surface area (Å²) in [6.45, 7) is 1.77. The van der Waals surface area contributed by atoms with E-state index >= 15 is 0 Å². The fraction of sp³-hybridized carbons (Fsp3) is 0.333. The summed E-state index contributed by atoms with van der Waals surface area (Å²) in [6, 6.07) is 4.63. The fourth-order valence-corrected chi connectivity index (χ4v) is 1.15. The van der Waals surface area contributed by atoms with E-state index in [1.54, 1.807) is 12.1 Å². The van der Waals surface area contributed by atoms with Crippen molar-refractivity contribution in [1.29, 1.82) is 0 Å². The van der Waals surface area contributed by atoms with Crippen LogP contribution in [0.5, 0.6) is 5.75 Å². The Bertz CT molecular complexity index is 271. The highest BCUT2D eigenvalue weighted by Gasteiger charge is 2.06. The highest BCUT2D eigenvalue weighted by Crippen LogP contribution is 2.21. The SMILES string of the molecule is C[C@H](N)c1cc(O)ccc1CO. The van der Waals surface area contributed by atoms with E-state index < -0.39 is 0 Å². The topological polar surface area (TPSA) is 66.5 Å². The molecule has 0 aliphatic heterocycles. The Morgan fingerprint density at radius 1 is 1.50 bits per heavy atom. The Hall–Kier alpha value is -1.06. The van der Waals surface area contributed by atoms with Gasteiger partial charge >= 0.3 is 0 Å². The fourth-order valence-electron chi connectivity index (χ4n) is 1.15. The number of hydrogen-bond donors (Lipinski definition) is 3. The second-order valence-electron chi connectivity index (χ2n) is 2.83. The molecule has 1 aromatic rings. The Labute approximate surface area is 71.5 Å². The molecule has 3 heteroatoms. The normalized spacial score (nSPS) is 12.9. The van der Waals surface area contributed by atoms with Crippen LogP contribution >= 0.6 is 0 Å². The first-order valence-electron chi connectivity index (χ1n) is 3.83. The zero-order valence-corrected chi connectivity index (χ0v) is 6.99. The Morgan fingerprint density at radius 2 is 2.17 bits per heavy atom. The lowest BCUT2D eigenvalue weighted by Crippen LogP contribution is -2.08. The predicted octanol–water partition coefficient (Wildman–Crippen LogP) is 0.904. The highest BCUT2D eigenvalue weighted by atomic mass is 16.3. The lowest BCUT2D eigenvalue weighted by molar-refractivity contribution is 0.280. The summed E-state index contributed by atoms with van der Waals surface area (Å²) in [4.78, 5) is 0. The van der Waals surface area contributed by atoms with E-state index in [-0.39, 0.29) is 18.4 Å². The lowest BCUT2D eigenvalue weighted by atomic mass is 10.0. The van der Waals surface area contributed by atoms with Crippen LogP contribution in [-0.2, 0) is 6.61 Å². The molecular formula is C9H13NO2. The van der Waals surface area contributed by atoms with E-state index in [1.807, 2.05) is 6.92 Å². The Balaban J connectivity index is 3.12. The lowest BCUT2D eigenvalue weighted by Gasteiger charge is -2.10. The van der Waals surface area contributed by atoms with Crippen LogP contribution in [0.3, 0.4) is 0 Å². The number of aliphatic hydroxyl groups is 1. The quantitative estimate of drug-likeness (QED) is 0.613. The first-order valence-corrected chi connectivity index (χ1v) is 3.83. The minimum Gasteiger partial charge on any atom is -0.508 e. The smallest absolute Gasteiger partial charge is 0.115 e. The summed E-state index contributed by atoms with van der Waals surface area (Å²) < 4.78 is 0. The molecule has 0 aliphatic rings. The zero-order valence-electron chi connectivity index (χ0n) is 6.99. The molecule has 0 radical (unpaired) electrons. The van der Waals surface area contributed by atoms with Crippen LogP contribution < -0.4 is 5.73 Å². The molecule has 12 heavy (non-hydrogen) atoms. The second kappa shape index (κ2) is 3.56. The van der Waals surface area contributed by atoms with Gasteiger partial charge < -0.3 is 15.9 Å². The van der Waals surface area contributed by atoms with Crippen molar-refractivity contribution in [2.24, 2.45) is 5.73 Å². The van der Waals surface area contributed by atoms with Gasteiger partial charge in [-0.05, 0) is 30.2 Å². The van der Waals surface area contributed by atoms with Crippen molar-refractivity contribution in [3.63, 3.8) is 0 Å². The maximum Gasteiger partial charge on any atom is 0.115 e. The summed E-state index contributed by atoms with van der Waals surface area (Å²) in [5, 5.41) is 18.1. The van der Waals surface area contributed by atoms with Gasteiger partial charge in [0.2, 0.25) is 0 Å². The van der Waals surface area contributed by atoms with Crippen molar-refractivity contribution in [1.82, 2.24) is 0 Å². The number of hydrogen-bond acceptors (Lipinski definition) is 3. The van der Waals surface area contributed by atoms with E-state index in [4.69, 9.17) is 15.9 Å². The third-order valence-corrected chi connectivity index (χ3v) is 1.79. The number of phenolic OH excluding ortho intramolecular Hbond substituents is 1. The van der Waals surface area contributed by atoms with Crippen LogP contribution in [0.15, 0.2) is 18.2 Å². The molecule has 4 N–H and O–H groups in total. The van der Waals surface area contributed by atoms with Gasteiger partial charge in [0.15, 0.2) is 0 Å². The van der Waals surface area contributed by atoms with Crippen molar-refractivity contribution in [2.75, 3.05) is 0 Å². The van der Waals surface area contributed by atoms with Gasteiger partial charge in [0.05, 0.1) is 6.61 Å². The largest absolute Gasteiger partial charge is 0.508 e. The molecule has 0 fully saturated rings. The molecule has 0 heterocycles. The monoisotopic (exact) mass is 167 g/mol. The molecule has 0 saturated heterocycles. The van der Waals surface area contributed by atoms with Crippen LogP contribution in [0.25, 0.3) is 0 Å². The first kappa shape index (κ1) is 9.03. The highest BCUT2D eigenvalue weighted by molar-refractivity contribution is 5.36. The van der Waals surface area contributed by atoms with E-state index in [9.17, 15) is 0 Å². The van der Waals surface area contributed by atoms with Gasteiger partial charge in [-0.15, -0.1) is 0 Å². The number of rotatable bonds is 2. The Kier molecular flexibility index (Phi) is 2.68. The molecule has 66 valence electrons. The van der Waals surface area contributed by atoms with Gasteiger partial charge in [0.25, 0.3) is 0 Å². The van der Waals surface area contributed by atoms with Crippen molar-refractivity contribution in [3.8, 4) is 5.75 Å². The summed E-state index contributed by atoms with van der Waals surface area (Å²) in [5.74, 6) is 0.180. The maximum absolute atomic E-state index is 9.14. The molecule has 0 saturated carbocycles. The van der Waals surface area contributed by atoms with Gasteiger partial charge in [0.1, 0.15) is 5.75 Å². The average molecular weight is 167 g/mol. The molecular weight excluding hydrogens is 154 g/mol. The van der Waals surface area contributed by atoms with Gasteiger partial charge in [0, 0.05) is 6.04 Å². The zero-order chi connectivity index (χ0) is 9.14. The summed E-state index contributed by atoms with van der Waals surface area (Å²) in [5.41, 5.74) is 7.19. The van der Waals surface area contributed by atoms with Crippen molar-refractivity contribution in [2.45, 2.75) is 19.6 Å². The van der Waals surface area contributed by atoms with E-state index in [0.29, 0.717) is 0 Å². The molecule has 0 unspecified atom stereocenters. The first-order chi connectivity index (χ1) is 5.65. The second-order valence-corrected chi connectivity index (χ2v) is 2.83. The van der Waals surface area contributed by atoms with Gasteiger partial charge in [-0.25, -0.2) is 0 Å². The van der Waals surface area contributed by atoms with Crippen molar-refractivity contribution >= 4 is 0 Å². The molecule has 1 atom stereocenters. The summed E-state index contributed by atoms with van der Waals surface area (Å²) >= 11 is 0. The predicted molar refractivity (Wildman–Crippen MR) is 46.6 cm³/mol. The number of phenols is 1. The van der Waals surface area contributed by atoms with Crippen molar-refractivity contribution < 1.29 is 10.2 Å². The number of nitrogens with two attached hydrogens (primary N) is 1. The van der Waals surface area contributed by atoms with E-state index in [2.05, 4.69) is 0 Å². The number of benzene rings is 1. The molecule has 0 aromatic heterocycles. The maximum atomic E-state index is 9.14. The van der Waals surface area contributed by atoms with Crippen molar-refractivity contribution in [3.05, 3.63) is 29.3 Å². The molecule has 3 nitrogen and oxygen atoms in total. The van der Waals surface area contributed by atoms with Gasteiger partial charge in [-0.1, -0.05) is 6.07 Å². The van der Waals surface area contributed by atoms with Crippen LogP contribution in [0.1, 0.15) is 24.1 Å². The third kappa shape index (κ3) is 1.75. The van der Waals surface area contributed by atoms with Crippen LogP contribution in [0.2, 0.25) is 0 Å². The van der Waals surface area contributed by atoms with E-state index in [0.717, 1.165) is 11.1 Å². The van der Waals surface area contributed by atoms with E-state index in [1.165, 1.54) is 6.07 Å². The molecule has 0 spiro atoms. The molecule has 0 aliphatic carbocycles. The molecule has 1 rings (SSSR count). The average Bonchev–Trinajstić information content (AvgIpc) is 2.04. The molecule has 0 amide bonds. The van der Waals surface area contributed by atoms with Gasteiger partial charge in [-0.2, -0.15) is 0 Å². The van der Waals surface area contributed by atoms with Crippen LogP contribution in [0.4, 0.5) is 0 Å². The van der Waals surface area contributed by atoms with Gasteiger partial charge in [-0.3, -0.25) is 0 Å². The molecule has 1 aromatic carbocycles. The summed E-state index contributed by atoms with van der Waals surface area (Å²) in [6.07, 6.45) is 0. The number of aliphatic hydroxyl groups excluding tert-OH is 1. The van der Waals surface area contributed by atoms with Crippen LogP contribution in [-0.4, -0.2) is 10.2 Å². The number of aromatic hydroxyl groups is 1. The minimum atomic E-state index is -0.167. The Morgan fingerprint density at radius 3 is 2.67 bits per heavy atom.